The third-order valence-electron chi connectivity index (χ3n) is 8.65. The van der Waals surface area contributed by atoms with E-state index < -0.39 is 6.10 Å². The van der Waals surface area contributed by atoms with Crippen LogP contribution in [-0.2, 0) is 28.6 Å². The fourth-order valence-electron chi connectivity index (χ4n) is 5.36. The van der Waals surface area contributed by atoms with Gasteiger partial charge in [0.1, 0.15) is 13.2 Å². The van der Waals surface area contributed by atoms with Gasteiger partial charge < -0.3 is 14.2 Å². The van der Waals surface area contributed by atoms with Crippen LogP contribution in [-0.4, -0.2) is 37.2 Å². The number of unbranched alkanes of at least 4 members (excludes halogenated alkanes) is 19. The van der Waals surface area contributed by atoms with Crippen molar-refractivity contribution in [2.24, 2.45) is 5.92 Å². The van der Waals surface area contributed by atoms with Gasteiger partial charge in [0.2, 0.25) is 0 Å². The minimum absolute atomic E-state index is 0.0667. The van der Waals surface area contributed by atoms with Gasteiger partial charge in [0.25, 0.3) is 0 Å². The Bertz CT molecular complexity index is 664. The van der Waals surface area contributed by atoms with Crippen LogP contribution in [0.1, 0.15) is 201 Å². The van der Waals surface area contributed by atoms with Crippen molar-refractivity contribution in [2.75, 3.05) is 13.2 Å². The minimum Gasteiger partial charge on any atom is -0.462 e. The lowest BCUT2D eigenvalue weighted by atomic mass is 10.00. The molecule has 44 heavy (non-hydrogen) atoms. The summed E-state index contributed by atoms with van der Waals surface area (Å²) in [5, 5.41) is 0. The highest BCUT2D eigenvalue weighted by molar-refractivity contribution is 5.71. The number of ether oxygens (including phenoxy) is 3. The van der Waals surface area contributed by atoms with E-state index in [1.54, 1.807) is 0 Å². The molecule has 0 aromatic rings. The summed E-state index contributed by atoms with van der Waals surface area (Å²) < 4.78 is 16.5. The fourth-order valence-corrected chi connectivity index (χ4v) is 5.36. The van der Waals surface area contributed by atoms with E-state index >= 15 is 0 Å². The maximum atomic E-state index is 12.5. The van der Waals surface area contributed by atoms with Gasteiger partial charge in [-0.05, 0) is 25.2 Å². The second kappa shape index (κ2) is 32.8. The van der Waals surface area contributed by atoms with Crippen LogP contribution in [0.15, 0.2) is 0 Å². The third-order valence-corrected chi connectivity index (χ3v) is 8.65. The molecule has 2 atom stereocenters. The molecule has 260 valence electrons. The molecule has 0 aliphatic heterocycles. The topological polar surface area (TPSA) is 78.9 Å². The van der Waals surface area contributed by atoms with Crippen molar-refractivity contribution in [3.8, 4) is 0 Å². The lowest BCUT2D eigenvalue weighted by Crippen LogP contribution is -2.30. The van der Waals surface area contributed by atoms with Gasteiger partial charge >= 0.3 is 17.9 Å². The first kappa shape index (κ1) is 42.4. The first-order chi connectivity index (χ1) is 21.4. The summed E-state index contributed by atoms with van der Waals surface area (Å²) in [5.41, 5.74) is 0. The predicted octanol–water partition coefficient (Wildman–Crippen LogP) is 11.2. The zero-order valence-electron chi connectivity index (χ0n) is 29.6. The number of esters is 3. The number of carbonyl (C=O) groups excluding carboxylic acids is 3. The van der Waals surface area contributed by atoms with Gasteiger partial charge in [0.05, 0.1) is 0 Å². The second-order valence-electron chi connectivity index (χ2n) is 13.1. The van der Waals surface area contributed by atoms with Crippen LogP contribution in [0.5, 0.6) is 0 Å². The Morgan fingerprint density at radius 1 is 0.455 bits per heavy atom. The van der Waals surface area contributed by atoms with Gasteiger partial charge in [-0.25, -0.2) is 0 Å². The molecule has 0 rings (SSSR count). The molecule has 6 heteroatoms. The summed E-state index contributed by atoms with van der Waals surface area (Å²) in [6.07, 6.45) is 28.1. The summed E-state index contributed by atoms with van der Waals surface area (Å²) in [5.74, 6) is -0.0629. The first-order valence-electron chi connectivity index (χ1n) is 18.9. The van der Waals surface area contributed by atoms with Crippen molar-refractivity contribution in [3.63, 3.8) is 0 Å². The molecule has 6 nitrogen and oxygen atoms in total. The van der Waals surface area contributed by atoms with E-state index in [9.17, 15) is 14.4 Å². The molecule has 0 fully saturated rings. The first-order valence-corrected chi connectivity index (χ1v) is 18.9. The molecule has 0 aliphatic carbocycles. The van der Waals surface area contributed by atoms with Crippen LogP contribution in [0.3, 0.4) is 0 Å². The molecule has 0 amide bonds. The molecule has 0 saturated carbocycles. The molecule has 0 bridgehead atoms. The Kier molecular flexibility index (Phi) is 31.6. The second-order valence-corrected chi connectivity index (χ2v) is 13.1. The van der Waals surface area contributed by atoms with Gasteiger partial charge in [-0.1, -0.05) is 163 Å². The van der Waals surface area contributed by atoms with Crippen molar-refractivity contribution >= 4 is 17.9 Å². The monoisotopic (exact) mass is 625 g/mol. The van der Waals surface area contributed by atoms with E-state index in [2.05, 4.69) is 27.7 Å². The lowest BCUT2D eigenvalue weighted by molar-refractivity contribution is -0.167. The molecule has 0 aromatic carbocycles. The average Bonchev–Trinajstić information content (AvgIpc) is 3.02. The summed E-state index contributed by atoms with van der Waals surface area (Å²) in [6, 6.07) is 0. The highest BCUT2D eigenvalue weighted by Gasteiger charge is 2.19. The van der Waals surface area contributed by atoms with Gasteiger partial charge in [-0.3, -0.25) is 14.4 Å². The van der Waals surface area contributed by atoms with Gasteiger partial charge in [-0.15, -0.1) is 0 Å². The summed E-state index contributed by atoms with van der Waals surface area (Å²) in [4.78, 5) is 37.2. The number of hydrogen-bond acceptors (Lipinski definition) is 6. The SMILES string of the molecule is CCCCCCCCCCCC(=O)O[C@H](COC(=O)CCCCCCCCC)COC(=O)CCCCCCCCC(C)CC. The molecule has 0 spiro atoms. The minimum atomic E-state index is -0.756. The fraction of sp³-hybridized carbons (Fsp3) is 0.921. The smallest absolute Gasteiger partial charge is 0.306 e. The van der Waals surface area contributed by atoms with E-state index in [4.69, 9.17) is 14.2 Å². The van der Waals surface area contributed by atoms with Crippen molar-refractivity contribution < 1.29 is 28.6 Å². The largest absolute Gasteiger partial charge is 0.462 e. The van der Waals surface area contributed by atoms with E-state index in [1.165, 1.54) is 96.3 Å². The van der Waals surface area contributed by atoms with E-state index in [0.717, 1.165) is 63.7 Å². The van der Waals surface area contributed by atoms with Crippen molar-refractivity contribution in [3.05, 3.63) is 0 Å². The van der Waals surface area contributed by atoms with Crippen LogP contribution >= 0.6 is 0 Å². The third kappa shape index (κ3) is 30.4. The molecule has 1 unspecified atom stereocenters. The van der Waals surface area contributed by atoms with Gasteiger partial charge in [-0.2, -0.15) is 0 Å². The normalized spacial score (nSPS) is 12.5. The van der Waals surface area contributed by atoms with Crippen molar-refractivity contribution in [2.45, 2.75) is 207 Å². The molecule has 0 saturated heterocycles. The molecule has 0 aromatic heterocycles. The molecule has 0 heterocycles. The molecule has 0 radical (unpaired) electrons. The van der Waals surface area contributed by atoms with Gasteiger partial charge in [0, 0.05) is 19.3 Å². The highest BCUT2D eigenvalue weighted by atomic mass is 16.6. The molecular weight excluding hydrogens is 552 g/mol. The van der Waals surface area contributed by atoms with Gasteiger partial charge in [0.15, 0.2) is 6.10 Å². The zero-order chi connectivity index (χ0) is 32.5. The summed E-state index contributed by atoms with van der Waals surface area (Å²) in [7, 11) is 0. The maximum Gasteiger partial charge on any atom is 0.306 e. The van der Waals surface area contributed by atoms with E-state index in [0.29, 0.717) is 19.3 Å². The Balaban J connectivity index is 4.36. The Hall–Kier alpha value is -1.59. The molecule has 0 aliphatic rings. The average molecular weight is 625 g/mol. The zero-order valence-corrected chi connectivity index (χ0v) is 29.6. The van der Waals surface area contributed by atoms with E-state index in [-0.39, 0.29) is 31.1 Å². The van der Waals surface area contributed by atoms with Crippen LogP contribution in [0.4, 0.5) is 0 Å². The Labute approximate surface area is 272 Å². The number of rotatable bonds is 33. The highest BCUT2D eigenvalue weighted by Crippen LogP contribution is 2.15. The predicted molar refractivity (Wildman–Crippen MR) is 183 cm³/mol. The van der Waals surface area contributed by atoms with Crippen LogP contribution < -0.4 is 0 Å². The van der Waals surface area contributed by atoms with Crippen molar-refractivity contribution in [1.82, 2.24) is 0 Å². The van der Waals surface area contributed by atoms with E-state index in [1.807, 2.05) is 0 Å². The van der Waals surface area contributed by atoms with Crippen LogP contribution in [0.2, 0.25) is 0 Å². The Morgan fingerprint density at radius 3 is 1.18 bits per heavy atom. The quantitative estimate of drug-likeness (QED) is 0.0410. The lowest BCUT2D eigenvalue weighted by Gasteiger charge is -2.18. The Morgan fingerprint density at radius 2 is 0.795 bits per heavy atom. The molecular formula is C38H72O6. The van der Waals surface area contributed by atoms with Crippen LogP contribution in [0, 0.1) is 5.92 Å². The summed E-state index contributed by atoms with van der Waals surface area (Å²) >= 11 is 0. The number of hydrogen-bond donors (Lipinski definition) is 0. The van der Waals surface area contributed by atoms with Crippen LogP contribution in [0.25, 0.3) is 0 Å². The van der Waals surface area contributed by atoms with Crippen molar-refractivity contribution in [1.29, 1.82) is 0 Å². The standard InChI is InChI=1S/C38H72O6/c1-5-8-10-12-14-15-17-23-27-31-38(41)44-35(32-42-36(39)29-25-21-16-13-11-9-6-2)33-43-37(40)30-26-22-19-18-20-24-28-34(4)7-3/h34-35H,5-33H2,1-4H3/t34?,35-/m1/s1. The summed E-state index contributed by atoms with van der Waals surface area (Å²) in [6.45, 7) is 8.87. The number of carbonyl (C=O) groups is 3. The molecule has 0 N–H and O–H groups in total. The maximum absolute atomic E-state index is 12.5.